The molecule has 170 valence electrons. The van der Waals surface area contributed by atoms with Crippen molar-refractivity contribution in [2.45, 2.75) is 0 Å². The molecule has 3 aromatic rings. The van der Waals surface area contributed by atoms with Gasteiger partial charge in [0.05, 0.1) is 17.7 Å². The third kappa shape index (κ3) is 6.89. The number of anilines is 4. The molecule has 3 N–H and O–H groups in total. The highest BCUT2D eigenvalue weighted by Crippen LogP contribution is 2.22. The molecule has 0 spiro atoms. The van der Waals surface area contributed by atoms with Gasteiger partial charge in [0.1, 0.15) is 11.4 Å². The first-order chi connectivity index (χ1) is 16.5. The number of carbonyl (C=O) groups is 1. The first-order valence-electron chi connectivity index (χ1n) is 10.5. The van der Waals surface area contributed by atoms with Crippen molar-refractivity contribution in [1.82, 2.24) is 20.2 Å². The van der Waals surface area contributed by atoms with Gasteiger partial charge in [0.25, 0.3) is 5.91 Å². The van der Waals surface area contributed by atoms with E-state index < -0.39 is 0 Å². The maximum Gasteiger partial charge on any atom is 0.256 e. The average molecular weight is 453 g/mol. The molecule has 0 aliphatic rings. The minimum absolute atomic E-state index is 0.289. The van der Waals surface area contributed by atoms with Crippen LogP contribution < -0.4 is 16.0 Å². The molecular formula is C25H24N8O. The second-order valence-electron chi connectivity index (χ2n) is 7.54. The number of hydrogen-bond acceptors (Lipinski definition) is 8. The van der Waals surface area contributed by atoms with Crippen molar-refractivity contribution in [3.8, 4) is 12.1 Å². The molecule has 9 heteroatoms. The number of rotatable bonds is 9. The van der Waals surface area contributed by atoms with E-state index in [4.69, 9.17) is 10.5 Å². The van der Waals surface area contributed by atoms with Crippen LogP contribution in [0.15, 0.2) is 60.8 Å². The van der Waals surface area contributed by atoms with E-state index >= 15 is 0 Å². The molecule has 1 aromatic heterocycles. The van der Waals surface area contributed by atoms with Gasteiger partial charge in [-0.1, -0.05) is 12.1 Å². The van der Waals surface area contributed by atoms with Gasteiger partial charge in [0.15, 0.2) is 0 Å². The highest BCUT2D eigenvalue weighted by atomic mass is 16.1. The normalized spacial score (nSPS) is 10.5. The molecule has 0 saturated carbocycles. The van der Waals surface area contributed by atoms with Crippen LogP contribution in [-0.4, -0.2) is 48.0 Å². The van der Waals surface area contributed by atoms with E-state index in [1.54, 1.807) is 30.3 Å². The summed E-state index contributed by atoms with van der Waals surface area (Å²) >= 11 is 0. The Morgan fingerprint density at radius 3 is 2.35 bits per heavy atom. The Labute approximate surface area is 198 Å². The summed E-state index contributed by atoms with van der Waals surface area (Å²) < 4.78 is 0. The molecule has 0 atom stereocenters. The largest absolute Gasteiger partial charge is 0.351 e. The van der Waals surface area contributed by atoms with E-state index in [0.717, 1.165) is 11.3 Å². The van der Waals surface area contributed by atoms with Crippen molar-refractivity contribution in [2.75, 3.05) is 37.8 Å². The molecule has 0 unspecified atom stereocenters. The van der Waals surface area contributed by atoms with Crippen LogP contribution in [0.1, 0.15) is 21.5 Å². The number of aromatic nitrogens is 2. The van der Waals surface area contributed by atoms with Crippen LogP contribution in [0.5, 0.6) is 0 Å². The lowest BCUT2D eigenvalue weighted by atomic mass is 10.2. The topological polar surface area (TPSA) is 130 Å². The summed E-state index contributed by atoms with van der Waals surface area (Å²) in [4.78, 5) is 23.6. The predicted octanol–water partition coefficient (Wildman–Crippen LogP) is 3.66. The van der Waals surface area contributed by atoms with E-state index in [1.807, 2.05) is 49.3 Å². The van der Waals surface area contributed by atoms with Gasteiger partial charge in [-0.15, -0.1) is 0 Å². The zero-order chi connectivity index (χ0) is 24.3. The third-order valence-corrected chi connectivity index (χ3v) is 4.67. The van der Waals surface area contributed by atoms with Crippen LogP contribution in [0.3, 0.4) is 0 Å². The molecule has 0 fully saturated rings. The zero-order valence-corrected chi connectivity index (χ0v) is 18.9. The van der Waals surface area contributed by atoms with Crippen LogP contribution in [0.2, 0.25) is 0 Å². The van der Waals surface area contributed by atoms with Crippen LogP contribution in [0.4, 0.5) is 23.1 Å². The van der Waals surface area contributed by atoms with E-state index in [-0.39, 0.29) is 5.91 Å². The quantitative estimate of drug-likeness (QED) is 0.419. The van der Waals surface area contributed by atoms with Crippen molar-refractivity contribution in [3.63, 3.8) is 0 Å². The molecular weight excluding hydrogens is 428 g/mol. The molecule has 1 heterocycles. The number of benzene rings is 2. The Bertz CT molecular complexity index is 1240. The molecule has 0 aliphatic heterocycles. The zero-order valence-electron chi connectivity index (χ0n) is 18.9. The first-order valence-corrected chi connectivity index (χ1v) is 10.5. The Morgan fingerprint density at radius 1 is 1.03 bits per heavy atom. The Morgan fingerprint density at radius 2 is 1.71 bits per heavy atom. The summed E-state index contributed by atoms with van der Waals surface area (Å²) in [6.45, 7) is 1.18. The van der Waals surface area contributed by atoms with Gasteiger partial charge < -0.3 is 20.9 Å². The van der Waals surface area contributed by atoms with E-state index in [9.17, 15) is 4.79 Å². The molecule has 3 rings (SSSR count). The fourth-order valence-electron chi connectivity index (χ4n) is 2.90. The third-order valence-electron chi connectivity index (χ3n) is 4.67. The van der Waals surface area contributed by atoms with Crippen LogP contribution in [0.25, 0.3) is 6.08 Å². The number of nitrogens with one attached hydrogen (secondary N) is 3. The minimum atomic E-state index is -0.289. The monoisotopic (exact) mass is 452 g/mol. The molecule has 34 heavy (non-hydrogen) atoms. The fourth-order valence-corrected chi connectivity index (χ4v) is 2.90. The SMILES string of the molecule is CN(C)CCNC(=O)c1cnc(Nc2ccc(C#N)cc2)nc1Nc1ccc(/C=C/C#N)cc1. The number of carbonyl (C=O) groups excluding carboxylic acids is 1. The number of nitriles is 2. The van der Waals surface area contributed by atoms with Crippen LogP contribution in [0, 0.1) is 22.7 Å². The maximum absolute atomic E-state index is 12.8. The lowest BCUT2D eigenvalue weighted by Crippen LogP contribution is -2.32. The minimum Gasteiger partial charge on any atom is -0.351 e. The lowest BCUT2D eigenvalue weighted by molar-refractivity contribution is 0.0951. The summed E-state index contributed by atoms with van der Waals surface area (Å²) in [7, 11) is 3.86. The first kappa shape index (κ1) is 23.9. The lowest BCUT2D eigenvalue weighted by Gasteiger charge is -2.14. The summed E-state index contributed by atoms with van der Waals surface area (Å²) in [5.41, 5.74) is 3.16. The van der Waals surface area contributed by atoms with Crippen molar-refractivity contribution >= 4 is 35.1 Å². The number of allylic oxidation sites excluding steroid dienone is 1. The fraction of sp³-hybridized carbons (Fsp3) is 0.160. The van der Waals surface area contributed by atoms with Gasteiger partial charge in [-0.05, 0) is 62.1 Å². The van der Waals surface area contributed by atoms with Crippen LogP contribution in [-0.2, 0) is 0 Å². The number of amides is 1. The number of likely N-dealkylation sites (N-methyl/N-ethyl adjacent to an activating group) is 1. The van der Waals surface area contributed by atoms with Gasteiger partial charge in [0.2, 0.25) is 5.95 Å². The van der Waals surface area contributed by atoms with Crippen molar-refractivity contribution in [1.29, 1.82) is 10.5 Å². The van der Waals surface area contributed by atoms with Crippen molar-refractivity contribution in [2.24, 2.45) is 0 Å². The molecule has 0 radical (unpaired) electrons. The van der Waals surface area contributed by atoms with Gasteiger partial charge in [0, 0.05) is 36.7 Å². The molecule has 0 aliphatic carbocycles. The highest BCUT2D eigenvalue weighted by molar-refractivity contribution is 5.99. The smallest absolute Gasteiger partial charge is 0.256 e. The number of hydrogen-bond donors (Lipinski definition) is 3. The average Bonchev–Trinajstić information content (AvgIpc) is 2.84. The van der Waals surface area contributed by atoms with Gasteiger partial charge in [-0.2, -0.15) is 15.5 Å². The maximum atomic E-state index is 12.8. The second kappa shape index (κ2) is 11.8. The molecule has 0 bridgehead atoms. The van der Waals surface area contributed by atoms with E-state index in [1.165, 1.54) is 12.3 Å². The standard InChI is InChI=1S/C25H24N8O/c1-33(2)15-14-28-24(34)22-17-29-25(31-21-11-7-19(16-27)8-12-21)32-23(22)30-20-9-5-18(6-10-20)4-3-13-26/h3-12,17H,14-15H2,1-2H3,(H,28,34)(H2,29,30,31,32)/b4-3+. The summed E-state index contributed by atoms with van der Waals surface area (Å²) in [6, 6.07) is 18.3. The highest BCUT2D eigenvalue weighted by Gasteiger charge is 2.15. The second-order valence-corrected chi connectivity index (χ2v) is 7.54. The van der Waals surface area contributed by atoms with E-state index in [2.05, 4.69) is 32.0 Å². The number of nitrogens with zero attached hydrogens (tertiary/aromatic N) is 5. The van der Waals surface area contributed by atoms with Gasteiger partial charge in [-0.3, -0.25) is 4.79 Å². The molecule has 9 nitrogen and oxygen atoms in total. The summed E-state index contributed by atoms with van der Waals surface area (Å²) in [5, 5.41) is 26.8. The molecule has 2 aromatic carbocycles. The summed E-state index contributed by atoms with van der Waals surface area (Å²) in [6.07, 6.45) is 4.58. The van der Waals surface area contributed by atoms with Gasteiger partial charge >= 0.3 is 0 Å². The van der Waals surface area contributed by atoms with Crippen molar-refractivity contribution in [3.05, 3.63) is 77.5 Å². The van der Waals surface area contributed by atoms with Crippen molar-refractivity contribution < 1.29 is 4.79 Å². The predicted molar refractivity (Wildman–Crippen MR) is 132 cm³/mol. The van der Waals surface area contributed by atoms with E-state index in [0.29, 0.717) is 41.7 Å². The molecule has 1 amide bonds. The summed E-state index contributed by atoms with van der Waals surface area (Å²) in [5.74, 6) is 0.349. The van der Waals surface area contributed by atoms with Gasteiger partial charge in [-0.25, -0.2) is 4.98 Å². The Hall–Kier alpha value is -4.73. The Kier molecular flexibility index (Phi) is 8.28. The van der Waals surface area contributed by atoms with Crippen LogP contribution >= 0.6 is 0 Å². The molecule has 0 saturated heterocycles. The Balaban J connectivity index is 1.85.